The van der Waals surface area contributed by atoms with Gasteiger partial charge in [-0.2, -0.15) is 0 Å². The first-order chi connectivity index (χ1) is 21.6. The number of amides is 2. The summed E-state index contributed by atoms with van der Waals surface area (Å²) >= 11 is 0. The van der Waals surface area contributed by atoms with Crippen LogP contribution in [0.2, 0.25) is 0 Å². The Morgan fingerprint density at radius 2 is 0.935 bits per heavy atom. The first-order valence-corrected chi connectivity index (χ1v) is 17.9. The monoisotopic (exact) mass is 664 g/mol. The second-order valence-electron chi connectivity index (χ2n) is 15.3. The molecule has 0 radical (unpaired) electrons. The second kappa shape index (κ2) is 13.1. The van der Waals surface area contributed by atoms with Crippen molar-refractivity contribution in [3.8, 4) is 0 Å². The zero-order valence-corrected chi connectivity index (χ0v) is 28.7. The van der Waals surface area contributed by atoms with Gasteiger partial charge < -0.3 is 19.6 Å². The average molecular weight is 666 g/mol. The highest BCUT2D eigenvalue weighted by molar-refractivity contribution is 5.98. The Kier molecular flexibility index (Phi) is 9.21. The summed E-state index contributed by atoms with van der Waals surface area (Å²) in [6, 6.07) is 13.7. The van der Waals surface area contributed by atoms with Crippen molar-refractivity contribution >= 4 is 36.6 Å². The molecule has 8 heteroatoms. The summed E-state index contributed by atoms with van der Waals surface area (Å²) < 4.78 is 0. The van der Waals surface area contributed by atoms with Crippen LogP contribution in [-0.2, 0) is 12.8 Å². The normalized spacial score (nSPS) is 34.8. The molecule has 248 valence electrons. The van der Waals surface area contributed by atoms with E-state index in [1.807, 2.05) is 0 Å². The summed E-state index contributed by atoms with van der Waals surface area (Å²) in [4.78, 5) is 35.9. The third kappa shape index (κ3) is 5.40. The summed E-state index contributed by atoms with van der Waals surface area (Å²) in [5, 5.41) is 0. The summed E-state index contributed by atoms with van der Waals surface area (Å²) in [5.41, 5.74) is 7.72. The van der Waals surface area contributed by atoms with E-state index < -0.39 is 0 Å². The predicted octanol–water partition coefficient (Wildman–Crippen LogP) is 6.16. The van der Waals surface area contributed by atoms with Crippen molar-refractivity contribution < 1.29 is 9.59 Å². The van der Waals surface area contributed by atoms with Gasteiger partial charge in [0.2, 0.25) is 0 Å². The molecule has 0 unspecified atom stereocenters. The molecule has 8 aliphatic heterocycles. The standard InChI is InChI=1S/2C19H24N2O.2ClH/c2*22-19-16-6-2-4-14-3-1-5-15(18(14)16)11-21(19)17-12-20-9-7-13(17)8-10-20;;/h2*2,4,6,13,15,17H,1,3,5,7-12H2;2*1H/t2*15-,17+;;/m10../s1. The lowest BCUT2D eigenvalue weighted by Crippen LogP contribution is -2.60. The highest BCUT2D eigenvalue weighted by atomic mass is 35.5. The SMILES string of the molecule is Cl.Cl.O=C1c2cccc3c2[C@@H](CCC3)CN1[C@@H]1CN2CCC1CC2.O=C1c2cccc3c2[C@H](CCC3)CN1[C@H]1CN2CCC1CC2. The van der Waals surface area contributed by atoms with Crippen LogP contribution < -0.4 is 0 Å². The maximum Gasteiger partial charge on any atom is 0.254 e. The van der Waals surface area contributed by atoms with Crippen LogP contribution in [0.15, 0.2) is 36.4 Å². The molecule has 2 aliphatic carbocycles. The number of nitrogens with zero attached hydrogens (tertiary/aromatic N) is 4. The summed E-state index contributed by atoms with van der Waals surface area (Å²) in [6.07, 6.45) is 12.5. The van der Waals surface area contributed by atoms with Gasteiger partial charge in [0.05, 0.1) is 0 Å². The molecule has 6 nitrogen and oxygen atoms in total. The minimum Gasteiger partial charge on any atom is -0.333 e. The summed E-state index contributed by atoms with van der Waals surface area (Å²) in [6.45, 7) is 9.13. The van der Waals surface area contributed by atoms with Crippen LogP contribution in [0.4, 0.5) is 0 Å². The lowest BCUT2D eigenvalue weighted by molar-refractivity contribution is 0.00237. The molecule has 0 N–H and O–H groups in total. The van der Waals surface area contributed by atoms with E-state index in [0.717, 1.165) is 62.0 Å². The highest BCUT2D eigenvalue weighted by Crippen LogP contribution is 2.43. The van der Waals surface area contributed by atoms with Crippen molar-refractivity contribution in [3.05, 3.63) is 69.8 Å². The van der Waals surface area contributed by atoms with Crippen LogP contribution in [0.1, 0.15) is 106 Å². The van der Waals surface area contributed by atoms with Crippen molar-refractivity contribution in [1.82, 2.24) is 19.6 Å². The number of rotatable bonds is 2. The third-order valence-corrected chi connectivity index (χ3v) is 13.1. The molecule has 10 aliphatic rings. The van der Waals surface area contributed by atoms with Gasteiger partial charge in [0.1, 0.15) is 0 Å². The number of hydrogen-bond donors (Lipinski definition) is 0. The fraction of sp³-hybridized carbons (Fsp3) is 0.632. The van der Waals surface area contributed by atoms with Gasteiger partial charge in [-0.1, -0.05) is 24.3 Å². The van der Waals surface area contributed by atoms with Crippen molar-refractivity contribution in [2.75, 3.05) is 52.4 Å². The topological polar surface area (TPSA) is 47.1 Å². The first kappa shape index (κ1) is 32.4. The predicted molar refractivity (Wildman–Crippen MR) is 187 cm³/mol. The molecule has 0 aromatic heterocycles. The molecular formula is C38H50Cl2N4O2. The van der Waals surface area contributed by atoms with Gasteiger partial charge in [-0.3, -0.25) is 9.59 Å². The molecule has 8 heterocycles. The molecular weight excluding hydrogens is 615 g/mol. The minimum absolute atomic E-state index is 0. The van der Waals surface area contributed by atoms with Crippen molar-refractivity contribution in [3.63, 3.8) is 0 Å². The number of hydrogen-bond acceptors (Lipinski definition) is 4. The van der Waals surface area contributed by atoms with Crippen LogP contribution in [0, 0.1) is 11.8 Å². The fourth-order valence-corrected chi connectivity index (χ4v) is 10.8. The molecule has 2 aromatic rings. The first-order valence-electron chi connectivity index (χ1n) is 17.9. The number of halogens is 2. The largest absolute Gasteiger partial charge is 0.333 e. The molecule has 6 fully saturated rings. The van der Waals surface area contributed by atoms with Gasteiger partial charge in [0.25, 0.3) is 11.8 Å². The van der Waals surface area contributed by atoms with Crippen molar-refractivity contribution in [1.29, 1.82) is 0 Å². The van der Waals surface area contributed by atoms with Gasteiger partial charge >= 0.3 is 0 Å². The van der Waals surface area contributed by atoms with E-state index >= 15 is 0 Å². The van der Waals surface area contributed by atoms with Crippen LogP contribution in [-0.4, -0.2) is 95.9 Å². The lowest BCUT2D eigenvalue weighted by atomic mass is 9.75. The van der Waals surface area contributed by atoms with E-state index in [2.05, 4.69) is 56.0 Å². The highest BCUT2D eigenvalue weighted by Gasteiger charge is 2.45. The number of piperidine rings is 6. The maximum absolute atomic E-state index is 13.1. The fourth-order valence-electron chi connectivity index (χ4n) is 10.8. The zero-order valence-electron chi connectivity index (χ0n) is 27.1. The van der Waals surface area contributed by atoms with E-state index in [1.165, 1.54) is 99.8 Å². The molecule has 0 spiro atoms. The third-order valence-electron chi connectivity index (χ3n) is 13.1. The Labute approximate surface area is 287 Å². The summed E-state index contributed by atoms with van der Waals surface area (Å²) in [7, 11) is 0. The van der Waals surface area contributed by atoms with Crippen LogP contribution in [0.5, 0.6) is 0 Å². The van der Waals surface area contributed by atoms with Gasteiger partial charge in [0.15, 0.2) is 0 Å². The molecule has 4 bridgehead atoms. The Morgan fingerprint density at radius 1 is 0.522 bits per heavy atom. The average Bonchev–Trinajstić information content (AvgIpc) is 3.09. The van der Waals surface area contributed by atoms with E-state index in [-0.39, 0.29) is 24.8 Å². The molecule has 4 atom stereocenters. The maximum atomic E-state index is 13.1. The minimum atomic E-state index is 0. The molecule has 6 saturated heterocycles. The van der Waals surface area contributed by atoms with E-state index in [9.17, 15) is 9.59 Å². The van der Waals surface area contributed by atoms with Crippen LogP contribution in [0.25, 0.3) is 0 Å². The van der Waals surface area contributed by atoms with Gasteiger partial charge in [-0.25, -0.2) is 0 Å². The Bertz CT molecular complexity index is 1360. The van der Waals surface area contributed by atoms with Crippen LogP contribution >= 0.6 is 24.8 Å². The lowest BCUT2D eigenvalue weighted by Gasteiger charge is -2.51. The quantitative estimate of drug-likeness (QED) is 0.386. The van der Waals surface area contributed by atoms with Gasteiger partial charge in [-0.15, -0.1) is 24.8 Å². The molecule has 0 saturated carbocycles. The van der Waals surface area contributed by atoms with E-state index in [0.29, 0.717) is 35.7 Å². The molecule has 46 heavy (non-hydrogen) atoms. The number of carbonyl (C=O) groups excluding carboxylic acids is 2. The molecule has 12 rings (SSSR count). The van der Waals surface area contributed by atoms with Crippen LogP contribution in [0.3, 0.4) is 0 Å². The zero-order chi connectivity index (χ0) is 29.4. The van der Waals surface area contributed by atoms with E-state index in [1.54, 1.807) is 0 Å². The Hall–Kier alpha value is -2.12. The second-order valence-corrected chi connectivity index (χ2v) is 15.3. The smallest absolute Gasteiger partial charge is 0.254 e. The Balaban J connectivity index is 0.000000141. The molecule has 2 aromatic carbocycles. The van der Waals surface area contributed by atoms with E-state index in [4.69, 9.17) is 0 Å². The summed E-state index contributed by atoms with van der Waals surface area (Å²) in [5.74, 6) is 3.29. The van der Waals surface area contributed by atoms with Gasteiger partial charge in [0, 0.05) is 61.2 Å². The van der Waals surface area contributed by atoms with Gasteiger partial charge in [-0.05, 0) is 137 Å². The molecule has 2 amide bonds. The van der Waals surface area contributed by atoms with Crippen molar-refractivity contribution in [2.45, 2.75) is 88.1 Å². The number of benzene rings is 2. The van der Waals surface area contributed by atoms with Crippen molar-refractivity contribution in [2.24, 2.45) is 11.8 Å². The number of aryl methyl sites for hydroxylation is 2. The number of fused-ring (bicyclic) bond motifs is 6. The Morgan fingerprint density at radius 3 is 1.30 bits per heavy atom. The number of carbonyl (C=O) groups is 2.